The Kier molecular flexibility index (Phi) is 6.32. The summed E-state index contributed by atoms with van der Waals surface area (Å²) in [7, 11) is 1.25. The standard InChI is InChI=1S/C24H21BrFNO5/c1-30-24(29)22-20(21-17(28)3-2-4-19(21)32-23(22)27)16-11-14(25)7-10-18(16)31-12-13-5-8-15(26)9-6-13/h5-11,20H,2-4,12,27H2,1H3/t20-/m0/s1. The number of methoxy groups -OCH3 is 1. The van der Waals surface area contributed by atoms with E-state index < -0.39 is 11.9 Å². The van der Waals surface area contributed by atoms with Gasteiger partial charge in [-0.1, -0.05) is 28.1 Å². The minimum absolute atomic E-state index is 0.0613. The van der Waals surface area contributed by atoms with Crippen molar-refractivity contribution in [3.05, 3.63) is 86.7 Å². The van der Waals surface area contributed by atoms with Gasteiger partial charge in [0.1, 0.15) is 29.5 Å². The third-order valence-electron chi connectivity index (χ3n) is 5.48. The van der Waals surface area contributed by atoms with Gasteiger partial charge in [-0.05, 0) is 42.3 Å². The number of rotatable bonds is 5. The lowest BCUT2D eigenvalue weighted by Crippen LogP contribution is -2.31. The van der Waals surface area contributed by atoms with Crippen LogP contribution in [0.2, 0.25) is 0 Å². The third-order valence-corrected chi connectivity index (χ3v) is 5.97. The van der Waals surface area contributed by atoms with Crippen molar-refractivity contribution in [2.45, 2.75) is 31.8 Å². The minimum Gasteiger partial charge on any atom is -0.489 e. The maximum atomic E-state index is 13.2. The molecule has 0 spiro atoms. The average molecular weight is 502 g/mol. The summed E-state index contributed by atoms with van der Waals surface area (Å²) in [4.78, 5) is 25.6. The van der Waals surface area contributed by atoms with E-state index >= 15 is 0 Å². The van der Waals surface area contributed by atoms with Crippen LogP contribution in [0.5, 0.6) is 5.75 Å². The Hall–Kier alpha value is -3.13. The van der Waals surface area contributed by atoms with Gasteiger partial charge in [-0.25, -0.2) is 9.18 Å². The van der Waals surface area contributed by atoms with Crippen molar-refractivity contribution < 1.29 is 28.2 Å². The molecule has 0 saturated heterocycles. The summed E-state index contributed by atoms with van der Waals surface area (Å²) in [6.07, 6.45) is 1.55. The number of ketones is 1. The second-order valence-corrected chi connectivity index (χ2v) is 8.43. The number of ether oxygens (including phenoxy) is 3. The first-order valence-corrected chi connectivity index (χ1v) is 10.9. The number of benzene rings is 2. The van der Waals surface area contributed by atoms with Gasteiger partial charge in [0, 0.05) is 28.5 Å². The number of carbonyl (C=O) groups is 2. The zero-order valence-electron chi connectivity index (χ0n) is 17.3. The number of carbonyl (C=O) groups excluding carboxylic acids is 2. The highest BCUT2D eigenvalue weighted by Gasteiger charge is 2.42. The maximum absolute atomic E-state index is 13.2. The Morgan fingerprint density at radius 3 is 2.69 bits per heavy atom. The number of esters is 1. The van der Waals surface area contributed by atoms with Gasteiger partial charge >= 0.3 is 5.97 Å². The van der Waals surface area contributed by atoms with Gasteiger partial charge in [0.05, 0.1) is 13.0 Å². The molecule has 6 nitrogen and oxygen atoms in total. The fourth-order valence-electron chi connectivity index (χ4n) is 3.99. The number of allylic oxidation sites excluding steroid dienone is 2. The quantitative estimate of drug-likeness (QED) is 0.600. The van der Waals surface area contributed by atoms with Crippen LogP contribution < -0.4 is 10.5 Å². The Morgan fingerprint density at radius 1 is 1.22 bits per heavy atom. The van der Waals surface area contributed by atoms with Crippen molar-refractivity contribution in [2.24, 2.45) is 5.73 Å². The fraction of sp³-hybridized carbons (Fsp3) is 0.250. The third kappa shape index (κ3) is 4.27. The molecule has 0 amide bonds. The largest absolute Gasteiger partial charge is 0.489 e. The maximum Gasteiger partial charge on any atom is 0.340 e. The van der Waals surface area contributed by atoms with Gasteiger partial charge in [0.25, 0.3) is 0 Å². The first-order valence-electron chi connectivity index (χ1n) is 10.1. The lowest BCUT2D eigenvalue weighted by Gasteiger charge is -2.33. The molecule has 0 radical (unpaired) electrons. The second kappa shape index (κ2) is 9.16. The van der Waals surface area contributed by atoms with Gasteiger partial charge in [-0.2, -0.15) is 0 Å². The molecule has 4 rings (SSSR count). The van der Waals surface area contributed by atoms with E-state index in [2.05, 4.69) is 15.9 Å². The van der Waals surface area contributed by atoms with Gasteiger partial charge in [0.15, 0.2) is 5.78 Å². The van der Waals surface area contributed by atoms with Crippen LogP contribution in [-0.4, -0.2) is 18.9 Å². The molecule has 2 aromatic rings. The highest BCUT2D eigenvalue weighted by molar-refractivity contribution is 9.10. The summed E-state index contributed by atoms with van der Waals surface area (Å²) in [5.74, 6) is -1.06. The van der Waals surface area contributed by atoms with E-state index in [0.29, 0.717) is 41.9 Å². The normalized spacial score (nSPS) is 18.2. The molecule has 1 atom stereocenters. The molecule has 166 valence electrons. The highest BCUT2D eigenvalue weighted by Crippen LogP contribution is 2.47. The van der Waals surface area contributed by atoms with Crippen LogP contribution in [0.15, 0.2) is 69.7 Å². The summed E-state index contributed by atoms with van der Waals surface area (Å²) >= 11 is 3.47. The van der Waals surface area contributed by atoms with Crippen LogP contribution in [0, 0.1) is 5.82 Å². The van der Waals surface area contributed by atoms with Gasteiger partial charge in [-0.15, -0.1) is 0 Å². The SMILES string of the molecule is COC(=O)C1=C(N)OC2=C(C(=O)CCC2)[C@@H]1c1cc(Br)ccc1OCc1ccc(F)cc1. The summed E-state index contributed by atoms with van der Waals surface area (Å²) in [6.45, 7) is 0.171. The monoisotopic (exact) mass is 501 g/mol. The van der Waals surface area contributed by atoms with Crippen LogP contribution >= 0.6 is 15.9 Å². The molecule has 1 aliphatic carbocycles. The molecule has 0 bridgehead atoms. The molecular formula is C24H21BrFNO5. The van der Waals surface area contributed by atoms with Crippen molar-refractivity contribution in [1.82, 2.24) is 0 Å². The lowest BCUT2D eigenvalue weighted by atomic mass is 9.77. The second-order valence-electron chi connectivity index (χ2n) is 7.52. The number of nitrogens with two attached hydrogens (primary N) is 1. The molecule has 0 saturated carbocycles. The zero-order valence-corrected chi connectivity index (χ0v) is 18.9. The predicted octanol–water partition coefficient (Wildman–Crippen LogP) is 4.63. The van der Waals surface area contributed by atoms with E-state index in [9.17, 15) is 14.0 Å². The summed E-state index contributed by atoms with van der Waals surface area (Å²) in [5.41, 5.74) is 7.93. The van der Waals surface area contributed by atoms with Gasteiger partial charge < -0.3 is 19.9 Å². The Labute approximate surface area is 193 Å². The van der Waals surface area contributed by atoms with E-state index in [-0.39, 0.29) is 29.7 Å². The van der Waals surface area contributed by atoms with Crippen molar-refractivity contribution >= 4 is 27.7 Å². The zero-order chi connectivity index (χ0) is 22.8. The first-order chi connectivity index (χ1) is 15.4. The Balaban J connectivity index is 1.80. The topological polar surface area (TPSA) is 87.9 Å². The van der Waals surface area contributed by atoms with Crippen molar-refractivity contribution in [2.75, 3.05) is 7.11 Å². The first kappa shape index (κ1) is 22.1. The van der Waals surface area contributed by atoms with Crippen LogP contribution in [0.25, 0.3) is 0 Å². The number of halogens is 2. The van der Waals surface area contributed by atoms with Gasteiger partial charge in [-0.3, -0.25) is 4.79 Å². The van der Waals surface area contributed by atoms with Crippen LogP contribution in [0.4, 0.5) is 4.39 Å². The average Bonchev–Trinajstić information content (AvgIpc) is 2.78. The molecule has 0 fully saturated rings. The molecule has 2 N–H and O–H groups in total. The predicted molar refractivity (Wildman–Crippen MR) is 118 cm³/mol. The molecule has 32 heavy (non-hydrogen) atoms. The Morgan fingerprint density at radius 2 is 1.97 bits per heavy atom. The van der Waals surface area contributed by atoms with Crippen molar-refractivity contribution in [1.29, 1.82) is 0 Å². The molecule has 1 aliphatic heterocycles. The van der Waals surface area contributed by atoms with E-state index in [1.165, 1.54) is 19.2 Å². The van der Waals surface area contributed by atoms with E-state index in [0.717, 1.165) is 10.0 Å². The van der Waals surface area contributed by atoms with Crippen LogP contribution in [-0.2, 0) is 25.7 Å². The van der Waals surface area contributed by atoms with E-state index in [1.54, 1.807) is 30.3 Å². The van der Waals surface area contributed by atoms with E-state index in [1.807, 2.05) is 0 Å². The molecule has 0 unspecified atom stereocenters. The smallest absolute Gasteiger partial charge is 0.340 e. The summed E-state index contributed by atoms with van der Waals surface area (Å²) < 4.78 is 30.7. The molecule has 2 aromatic carbocycles. The number of Topliss-reactive ketones (excluding diaryl/α,β-unsaturated/α-hetero) is 1. The fourth-order valence-corrected chi connectivity index (χ4v) is 4.37. The van der Waals surface area contributed by atoms with E-state index in [4.69, 9.17) is 19.9 Å². The molecule has 1 heterocycles. The highest BCUT2D eigenvalue weighted by atomic mass is 79.9. The lowest BCUT2D eigenvalue weighted by molar-refractivity contribution is -0.136. The molecule has 8 heteroatoms. The molecule has 2 aliphatic rings. The van der Waals surface area contributed by atoms with Crippen LogP contribution in [0.1, 0.15) is 36.3 Å². The van der Waals surface area contributed by atoms with Crippen molar-refractivity contribution in [3.63, 3.8) is 0 Å². The van der Waals surface area contributed by atoms with Crippen molar-refractivity contribution in [3.8, 4) is 5.75 Å². The summed E-state index contributed by atoms with van der Waals surface area (Å²) in [6, 6.07) is 11.3. The Bertz CT molecular complexity index is 1140. The summed E-state index contributed by atoms with van der Waals surface area (Å²) in [5, 5.41) is 0. The molecular weight excluding hydrogens is 481 g/mol. The van der Waals surface area contributed by atoms with Crippen LogP contribution in [0.3, 0.4) is 0 Å². The minimum atomic E-state index is -0.792. The number of hydrogen-bond donors (Lipinski definition) is 1. The molecule has 0 aromatic heterocycles. The number of hydrogen-bond acceptors (Lipinski definition) is 6. The van der Waals surface area contributed by atoms with Gasteiger partial charge in [0.2, 0.25) is 5.88 Å².